The lowest BCUT2D eigenvalue weighted by molar-refractivity contribution is -0.128. The van der Waals surface area contributed by atoms with Gasteiger partial charge in [-0.15, -0.1) is 0 Å². The summed E-state index contributed by atoms with van der Waals surface area (Å²) in [5.74, 6) is -0.0218. The first-order valence-corrected chi connectivity index (χ1v) is 3.81. The third-order valence-electron chi connectivity index (χ3n) is 2.03. The maximum Gasteiger partial charge on any atom is 0.236 e. The van der Waals surface area contributed by atoms with Crippen molar-refractivity contribution in [2.45, 2.75) is 6.42 Å². The fraction of sp³-hybridized carbons (Fsp3) is 0.857. The van der Waals surface area contributed by atoms with Crippen molar-refractivity contribution < 1.29 is 9.18 Å². The summed E-state index contributed by atoms with van der Waals surface area (Å²) in [6, 6.07) is 0. The van der Waals surface area contributed by atoms with Crippen LogP contribution in [0.15, 0.2) is 0 Å². The van der Waals surface area contributed by atoms with Crippen molar-refractivity contribution in [3.63, 3.8) is 0 Å². The molecule has 0 spiro atoms. The van der Waals surface area contributed by atoms with Crippen molar-refractivity contribution in [2.24, 2.45) is 11.7 Å². The number of likely N-dealkylation sites (tertiary alicyclic amines) is 1. The van der Waals surface area contributed by atoms with Gasteiger partial charge in [-0.1, -0.05) is 0 Å². The summed E-state index contributed by atoms with van der Waals surface area (Å²) < 4.78 is 12.1. The molecule has 1 unspecified atom stereocenters. The van der Waals surface area contributed by atoms with E-state index in [-0.39, 0.29) is 25.0 Å². The summed E-state index contributed by atoms with van der Waals surface area (Å²) in [6.45, 7) is 0.935. The zero-order valence-corrected chi connectivity index (χ0v) is 6.42. The molecule has 0 aromatic rings. The summed E-state index contributed by atoms with van der Waals surface area (Å²) in [5.41, 5.74) is 5.15. The fourth-order valence-electron chi connectivity index (χ4n) is 1.31. The van der Waals surface area contributed by atoms with Gasteiger partial charge in [0.2, 0.25) is 5.91 Å². The molecule has 1 aliphatic heterocycles. The summed E-state index contributed by atoms with van der Waals surface area (Å²) in [6.07, 6.45) is 0.780. The van der Waals surface area contributed by atoms with E-state index in [1.54, 1.807) is 4.90 Å². The Bertz CT molecular complexity index is 151. The third kappa shape index (κ3) is 1.89. The van der Waals surface area contributed by atoms with Gasteiger partial charge in [-0.25, -0.2) is 0 Å². The van der Waals surface area contributed by atoms with E-state index in [1.807, 2.05) is 0 Å². The van der Waals surface area contributed by atoms with Crippen molar-refractivity contribution in [3.05, 3.63) is 0 Å². The van der Waals surface area contributed by atoms with Gasteiger partial charge in [-0.2, -0.15) is 0 Å². The van der Waals surface area contributed by atoms with Gasteiger partial charge >= 0.3 is 0 Å². The monoisotopic (exact) mass is 160 g/mol. The van der Waals surface area contributed by atoms with Crippen LogP contribution in [0.25, 0.3) is 0 Å². The van der Waals surface area contributed by atoms with Crippen molar-refractivity contribution >= 4 is 5.91 Å². The van der Waals surface area contributed by atoms with Crippen LogP contribution in [-0.4, -0.2) is 37.1 Å². The fourth-order valence-corrected chi connectivity index (χ4v) is 1.31. The second-order valence-electron chi connectivity index (χ2n) is 2.85. The molecular formula is C7H13FN2O. The molecule has 11 heavy (non-hydrogen) atoms. The van der Waals surface area contributed by atoms with Gasteiger partial charge in [0.05, 0.1) is 13.2 Å². The molecule has 1 aliphatic rings. The minimum absolute atomic E-state index is 0.0407. The third-order valence-corrected chi connectivity index (χ3v) is 2.03. The van der Waals surface area contributed by atoms with E-state index in [9.17, 15) is 9.18 Å². The largest absolute Gasteiger partial charge is 0.341 e. The van der Waals surface area contributed by atoms with Crippen LogP contribution in [0.4, 0.5) is 4.39 Å². The molecule has 64 valence electrons. The average molecular weight is 160 g/mol. The van der Waals surface area contributed by atoms with E-state index in [4.69, 9.17) is 5.73 Å². The van der Waals surface area contributed by atoms with E-state index in [1.165, 1.54) is 0 Å². The van der Waals surface area contributed by atoms with Crippen LogP contribution in [0.3, 0.4) is 0 Å². The van der Waals surface area contributed by atoms with E-state index >= 15 is 0 Å². The summed E-state index contributed by atoms with van der Waals surface area (Å²) in [7, 11) is 0. The zero-order chi connectivity index (χ0) is 8.27. The predicted molar refractivity (Wildman–Crippen MR) is 39.7 cm³/mol. The Kier molecular flexibility index (Phi) is 2.82. The number of hydrogen-bond donors (Lipinski definition) is 1. The summed E-state index contributed by atoms with van der Waals surface area (Å²) >= 11 is 0. The van der Waals surface area contributed by atoms with E-state index in [2.05, 4.69) is 0 Å². The van der Waals surface area contributed by atoms with E-state index < -0.39 is 0 Å². The lowest BCUT2D eigenvalue weighted by Gasteiger charge is -2.13. The SMILES string of the molecule is NCC(=O)N1CCC(CF)C1. The molecule has 1 saturated heterocycles. The molecule has 0 aromatic carbocycles. The number of alkyl halides is 1. The lowest BCUT2D eigenvalue weighted by atomic mass is 10.1. The average Bonchev–Trinajstić information content (AvgIpc) is 2.50. The Morgan fingerprint density at radius 3 is 2.91 bits per heavy atom. The highest BCUT2D eigenvalue weighted by Crippen LogP contribution is 2.15. The summed E-state index contributed by atoms with van der Waals surface area (Å²) in [5, 5.41) is 0. The van der Waals surface area contributed by atoms with E-state index in [0.29, 0.717) is 13.1 Å². The standard InChI is InChI=1S/C7H13FN2O/c8-3-6-1-2-10(5-6)7(11)4-9/h6H,1-5,9H2. The normalized spacial score (nSPS) is 24.2. The minimum Gasteiger partial charge on any atom is -0.341 e. The Hall–Kier alpha value is -0.640. The lowest BCUT2D eigenvalue weighted by Crippen LogP contribution is -2.34. The molecule has 2 N–H and O–H groups in total. The highest BCUT2D eigenvalue weighted by molar-refractivity contribution is 5.78. The molecule has 0 saturated carbocycles. The zero-order valence-electron chi connectivity index (χ0n) is 6.42. The molecular weight excluding hydrogens is 147 g/mol. The first-order valence-electron chi connectivity index (χ1n) is 3.81. The van der Waals surface area contributed by atoms with Crippen LogP contribution >= 0.6 is 0 Å². The maximum atomic E-state index is 12.1. The molecule has 0 aliphatic carbocycles. The predicted octanol–water partition coefficient (Wildman–Crippen LogP) is -0.237. The van der Waals surface area contributed by atoms with Gasteiger partial charge in [-0.05, 0) is 6.42 Å². The molecule has 0 bridgehead atoms. The number of carbonyl (C=O) groups is 1. The van der Waals surface area contributed by atoms with Crippen molar-refractivity contribution in [1.82, 2.24) is 4.90 Å². The number of carbonyl (C=O) groups excluding carboxylic acids is 1. The number of rotatable bonds is 2. The first-order chi connectivity index (χ1) is 5.27. The van der Waals surface area contributed by atoms with Crippen molar-refractivity contribution in [3.8, 4) is 0 Å². The second-order valence-corrected chi connectivity index (χ2v) is 2.85. The van der Waals surface area contributed by atoms with Gasteiger partial charge in [0.25, 0.3) is 0 Å². The van der Waals surface area contributed by atoms with E-state index in [0.717, 1.165) is 6.42 Å². The summed E-state index contributed by atoms with van der Waals surface area (Å²) in [4.78, 5) is 12.6. The molecule has 1 rings (SSSR count). The number of amides is 1. The van der Waals surface area contributed by atoms with Crippen LogP contribution in [-0.2, 0) is 4.79 Å². The van der Waals surface area contributed by atoms with Crippen LogP contribution in [0.2, 0.25) is 0 Å². The topological polar surface area (TPSA) is 46.3 Å². The minimum atomic E-state index is -0.325. The maximum absolute atomic E-state index is 12.1. The Labute approximate surface area is 65.3 Å². The quantitative estimate of drug-likeness (QED) is 0.606. The molecule has 0 aromatic heterocycles. The van der Waals surface area contributed by atoms with Gasteiger partial charge in [0, 0.05) is 19.0 Å². The number of hydrogen-bond acceptors (Lipinski definition) is 2. The van der Waals surface area contributed by atoms with Crippen molar-refractivity contribution in [1.29, 1.82) is 0 Å². The molecule has 4 heteroatoms. The first kappa shape index (κ1) is 8.46. The molecule has 1 atom stereocenters. The number of nitrogens with two attached hydrogens (primary N) is 1. The highest BCUT2D eigenvalue weighted by Gasteiger charge is 2.24. The number of nitrogens with zero attached hydrogens (tertiary/aromatic N) is 1. The Balaban J connectivity index is 2.35. The Morgan fingerprint density at radius 2 is 2.45 bits per heavy atom. The molecule has 0 radical (unpaired) electrons. The molecule has 1 amide bonds. The van der Waals surface area contributed by atoms with Crippen LogP contribution in [0.1, 0.15) is 6.42 Å². The van der Waals surface area contributed by atoms with Crippen molar-refractivity contribution in [2.75, 3.05) is 26.3 Å². The van der Waals surface area contributed by atoms with Gasteiger partial charge in [0.1, 0.15) is 0 Å². The highest BCUT2D eigenvalue weighted by atomic mass is 19.1. The molecule has 1 fully saturated rings. The van der Waals surface area contributed by atoms with Crippen LogP contribution < -0.4 is 5.73 Å². The van der Waals surface area contributed by atoms with Gasteiger partial charge < -0.3 is 10.6 Å². The molecule has 3 nitrogen and oxygen atoms in total. The smallest absolute Gasteiger partial charge is 0.236 e. The second kappa shape index (κ2) is 3.67. The van der Waals surface area contributed by atoms with Gasteiger partial charge in [0.15, 0.2) is 0 Å². The van der Waals surface area contributed by atoms with Crippen LogP contribution in [0.5, 0.6) is 0 Å². The Morgan fingerprint density at radius 1 is 1.73 bits per heavy atom. The number of halogens is 1. The van der Waals surface area contributed by atoms with Crippen LogP contribution in [0, 0.1) is 5.92 Å². The van der Waals surface area contributed by atoms with Gasteiger partial charge in [-0.3, -0.25) is 9.18 Å². The molecule has 1 heterocycles.